The van der Waals surface area contributed by atoms with Gasteiger partial charge in [0.15, 0.2) is 0 Å². The largest absolute Gasteiger partial charge is 0.471 e. The SMILES string of the molecule is CN1CCN(C(=O)CNC(=O)C(F)(F)F)CC1. The molecule has 1 fully saturated rings. The summed E-state index contributed by atoms with van der Waals surface area (Å²) in [6.07, 6.45) is -4.94. The number of hydrogen-bond acceptors (Lipinski definition) is 3. The summed E-state index contributed by atoms with van der Waals surface area (Å²) in [7, 11) is 1.90. The maximum Gasteiger partial charge on any atom is 0.471 e. The molecule has 0 aliphatic carbocycles. The second-order valence-corrected chi connectivity index (χ2v) is 3.86. The average molecular weight is 253 g/mol. The molecule has 0 spiro atoms. The van der Waals surface area contributed by atoms with Crippen LogP contribution in [0.25, 0.3) is 0 Å². The van der Waals surface area contributed by atoms with Gasteiger partial charge < -0.3 is 15.1 Å². The third kappa shape index (κ3) is 4.22. The van der Waals surface area contributed by atoms with Crippen LogP contribution in [0.5, 0.6) is 0 Å². The summed E-state index contributed by atoms with van der Waals surface area (Å²) in [5.41, 5.74) is 0. The van der Waals surface area contributed by atoms with Gasteiger partial charge in [0.05, 0.1) is 6.54 Å². The van der Waals surface area contributed by atoms with Gasteiger partial charge in [0.25, 0.3) is 0 Å². The molecular formula is C9H14F3N3O2. The van der Waals surface area contributed by atoms with Crippen molar-refractivity contribution in [3.8, 4) is 0 Å². The van der Waals surface area contributed by atoms with Gasteiger partial charge in [-0.15, -0.1) is 0 Å². The van der Waals surface area contributed by atoms with E-state index in [0.717, 1.165) is 0 Å². The fourth-order valence-electron chi connectivity index (χ4n) is 1.42. The topological polar surface area (TPSA) is 52.6 Å². The number of nitrogens with one attached hydrogen (secondary N) is 1. The highest BCUT2D eigenvalue weighted by atomic mass is 19.4. The Hall–Kier alpha value is -1.31. The molecule has 0 aromatic heterocycles. The number of halogens is 3. The first-order valence-electron chi connectivity index (χ1n) is 5.12. The first kappa shape index (κ1) is 13.8. The average Bonchev–Trinajstić information content (AvgIpc) is 2.25. The monoisotopic (exact) mass is 253 g/mol. The van der Waals surface area contributed by atoms with E-state index >= 15 is 0 Å². The van der Waals surface area contributed by atoms with Crippen LogP contribution < -0.4 is 5.32 Å². The highest BCUT2D eigenvalue weighted by Crippen LogP contribution is 2.13. The Morgan fingerprint density at radius 1 is 1.18 bits per heavy atom. The number of nitrogens with zero attached hydrogens (tertiary/aromatic N) is 2. The van der Waals surface area contributed by atoms with E-state index in [1.54, 1.807) is 5.32 Å². The van der Waals surface area contributed by atoms with E-state index in [2.05, 4.69) is 0 Å². The number of alkyl halides is 3. The van der Waals surface area contributed by atoms with Crippen LogP contribution in [0.3, 0.4) is 0 Å². The minimum atomic E-state index is -4.94. The molecule has 1 aliphatic rings. The molecule has 1 saturated heterocycles. The lowest BCUT2D eigenvalue weighted by molar-refractivity contribution is -0.174. The van der Waals surface area contributed by atoms with Gasteiger partial charge >= 0.3 is 12.1 Å². The smallest absolute Gasteiger partial charge is 0.339 e. The summed E-state index contributed by atoms with van der Waals surface area (Å²) >= 11 is 0. The van der Waals surface area contributed by atoms with Crippen molar-refractivity contribution >= 4 is 11.8 Å². The van der Waals surface area contributed by atoms with Gasteiger partial charge in [-0.05, 0) is 7.05 Å². The van der Waals surface area contributed by atoms with Crippen molar-refractivity contribution in [3.05, 3.63) is 0 Å². The number of carbonyl (C=O) groups is 2. The molecule has 2 amide bonds. The molecule has 0 atom stereocenters. The van der Waals surface area contributed by atoms with Crippen LogP contribution in [0.15, 0.2) is 0 Å². The van der Waals surface area contributed by atoms with Crippen LogP contribution in [-0.4, -0.2) is 67.6 Å². The predicted octanol–water partition coefficient (Wildman–Crippen LogP) is -0.561. The fourth-order valence-corrected chi connectivity index (χ4v) is 1.42. The molecule has 8 heteroatoms. The van der Waals surface area contributed by atoms with Crippen molar-refractivity contribution in [1.82, 2.24) is 15.1 Å². The predicted molar refractivity (Wildman–Crippen MR) is 53.1 cm³/mol. The number of rotatable bonds is 2. The summed E-state index contributed by atoms with van der Waals surface area (Å²) < 4.78 is 35.5. The van der Waals surface area contributed by atoms with Gasteiger partial charge in [-0.25, -0.2) is 0 Å². The van der Waals surface area contributed by atoms with Gasteiger partial charge in [-0.2, -0.15) is 13.2 Å². The molecule has 1 aliphatic heterocycles. The van der Waals surface area contributed by atoms with Crippen LogP contribution in [0, 0.1) is 0 Å². The molecule has 5 nitrogen and oxygen atoms in total. The normalized spacial score (nSPS) is 18.0. The summed E-state index contributed by atoms with van der Waals surface area (Å²) in [5, 5.41) is 1.56. The van der Waals surface area contributed by atoms with Crippen molar-refractivity contribution < 1.29 is 22.8 Å². The van der Waals surface area contributed by atoms with Crippen LogP contribution in [-0.2, 0) is 9.59 Å². The minimum Gasteiger partial charge on any atom is -0.339 e. The van der Waals surface area contributed by atoms with Crippen LogP contribution >= 0.6 is 0 Å². The third-order valence-electron chi connectivity index (χ3n) is 2.51. The van der Waals surface area contributed by atoms with Crippen molar-refractivity contribution in [2.75, 3.05) is 39.8 Å². The Balaban J connectivity index is 2.33. The number of likely N-dealkylation sites (N-methyl/N-ethyl adjacent to an activating group) is 1. The lowest BCUT2D eigenvalue weighted by Gasteiger charge is -2.32. The molecule has 0 aromatic carbocycles. The third-order valence-corrected chi connectivity index (χ3v) is 2.51. The van der Waals surface area contributed by atoms with Gasteiger partial charge in [-0.1, -0.05) is 0 Å². The standard InChI is InChI=1S/C9H14F3N3O2/c1-14-2-4-15(5-3-14)7(16)6-13-8(17)9(10,11)12/h2-6H2,1H3,(H,13,17). The molecule has 1 heterocycles. The van der Waals surface area contributed by atoms with Crippen LogP contribution in [0.4, 0.5) is 13.2 Å². The molecule has 1 rings (SSSR count). The van der Waals surface area contributed by atoms with E-state index in [1.165, 1.54) is 4.90 Å². The maximum absolute atomic E-state index is 11.8. The molecule has 1 N–H and O–H groups in total. The van der Waals surface area contributed by atoms with E-state index in [0.29, 0.717) is 26.2 Å². The number of piperazine rings is 1. The molecule has 98 valence electrons. The van der Waals surface area contributed by atoms with E-state index < -0.39 is 24.5 Å². The van der Waals surface area contributed by atoms with Gasteiger partial charge in [-0.3, -0.25) is 9.59 Å². The van der Waals surface area contributed by atoms with Crippen molar-refractivity contribution in [2.24, 2.45) is 0 Å². The second-order valence-electron chi connectivity index (χ2n) is 3.86. The first-order valence-corrected chi connectivity index (χ1v) is 5.12. The van der Waals surface area contributed by atoms with E-state index in [9.17, 15) is 22.8 Å². The van der Waals surface area contributed by atoms with Crippen molar-refractivity contribution in [1.29, 1.82) is 0 Å². The van der Waals surface area contributed by atoms with E-state index in [1.807, 2.05) is 11.9 Å². The quantitative estimate of drug-likeness (QED) is 0.717. The Labute approximate surface area is 96.5 Å². The van der Waals surface area contributed by atoms with Crippen molar-refractivity contribution in [2.45, 2.75) is 6.18 Å². The Kier molecular flexibility index (Phi) is 4.33. The molecule has 0 bridgehead atoms. The molecule has 0 radical (unpaired) electrons. The lowest BCUT2D eigenvalue weighted by atomic mass is 10.3. The highest BCUT2D eigenvalue weighted by Gasteiger charge is 2.38. The van der Waals surface area contributed by atoms with Gasteiger partial charge in [0.1, 0.15) is 0 Å². The Bertz CT molecular complexity index is 298. The maximum atomic E-state index is 11.8. The fraction of sp³-hybridized carbons (Fsp3) is 0.778. The van der Waals surface area contributed by atoms with E-state index in [-0.39, 0.29) is 0 Å². The van der Waals surface area contributed by atoms with Gasteiger partial charge in [0, 0.05) is 26.2 Å². The zero-order valence-corrected chi connectivity index (χ0v) is 9.38. The zero-order chi connectivity index (χ0) is 13.1. The van der Waals surface area contributed by atoms with Gasteiger partial charge in [0.2, 0.25) is 5.91 Å². The van der Waals surface area contributed by atoms with Crippen LogP contribution in [0.1, 0.15) is 0 Å². The lowest BCUT2D eigenvalue weighted by Crippen LogP contribution is -2.51. The summed E-state index contributed by atoms with van der Waals surface area (Å²) in [5.74, 6) is -2.57. The minimum absolute atomic E-state index is 0.469. The molecule has 17 heavy (non-hydrogen) atoms. The Morgan fingerprint density at radius 3 is 2.18 bits per heavy atom. The van der Waals surface area contributed by atoms with Crippen LogP contribution in [0.2, 0.25) is 0 Å². The molecule has 0 unspecified atom stereocenters. The number of hydrogen-bond donors (Lipinski definition) is 1. The molecule has 0 aromatic rings. The second kappa shape index (κ2) is 5.35. The zero-order valence-electron chi connectivity index (χ0n) is 9.38. The molecular weight excluding hydrogens is 239 g/mol. The first-order chi connectivity index (χ1) is 7.80. The number of carbonyl (C=O) groups excluding carboxylic acids is 2. The summed E-state index contributed by atoms with van der Waals surface area (Å²) in [6, 6.07) is 0. The van der Waals surface area contributed by atoms with E-state index in [4.69, 9.17) is 0 Å². The summed E-state index contributed by atoms with van der Waals surface area (Å²) in [6.45, 7) is 1.69. The van der Waals surface area contributed by atoms with Crippen molar-refractivity contribution in [3.63, 3.8) is 0 Å². The summed E-state index contributed by atoms with van der Waals surface area (Å²) in [4.78, 5) is 25.4. The molecule has 0 saturated carbocycles. The highest BCUT2D eigenvalue weighted by molar-refractivity contribution is 5.87. The number of amides is 2. The Morgan fingerprint density at radius 2 is 1.71 bits per heavy atom.